The Balaban J connectivity index is 1.21. The molecule has 1 atom stereocenters. The fourth-order valence-electron chi connectivity index (χ4n) is 5.39. The fourth-order valence-corrected chi connectivity index (χ4v) is 7.99. The van der Waals surface area contributed by atoms with E-state index in [1.54, 1.807) is 11.3 Å². The van der Waals surface area contributed by atoms with Gasteiger partial charge in [-0.3, -0.25) is 9.36 Å². The number of fused-ring (bicyclic) bond motifs is 4. The number of H-pyrrole nitrogens is 1. The molecule has 0 radical (unpaired) electrons. The second kappa shape index (κ2) is 9.08. The van der Waals surface area contributed by atoms with E-state index in [1.165, 1.54) is 39.8 Å². The summed E-state index contributed by atoms with van der Waals surface area (Å²) in [6.07, 6.45) is 3.67. The number of thiophene rings is 1. The van der Waals surface area contributed by atoms with Crippen LogP contribution in [0.4, 0.5) is 0 Å². The Morgan fingerprint density at radius 2 is 1.92 bits per heavy atom. The summed E-state index contributed by atoms with van der Waals surface area (Å²) in [5, 5.41) is 3.54. The van der Waals surface area contributed by atoms with Crippen LogP contribution in [0.2, 0.25) is 0 Å². The van der Waals surface area contributed by atoms with Gasteiger partial charge in [-0.25, -0.2) is 9.98 Å². The Bertz CT molecular complexity index is 2060. The maximum Gasteiger partial charge on any atom is 0.271 e. The Morgan fingerprint density at radius 3 is 2.82 bits per heavy atom. The van der Waals surface area contributed by atoms with Crippen molar-refractivity contribution in [2.45, 2.75) is 29.1 Å². The second-order valence-corrected chi connectivity index (χ2v) is 12.4. The van der Waals surface area contributed by atoms with E-state index in [2.05, 4.69) is 51.7 Å². The molecule has 9 heteroatoms. The number of para-hydroxylation sites is 2. The molecule has 1 aliphatic heterocycles. The zero-order chi connectivity index (χ0) is 25.9. The molecule has 1 N–H and O–H groups in total. The SMILES string of the molecule is O=c1c(=Cc2ccc(Sc3nc4ccccc4[nH]3)o2)sc2n1C(c1cccs1)C1=C(N=2)c2ccccc2CC1. The number of hydrogen-bond donors (Lipinski definition) is 1. The highest BCUT2D eigenvalue weighted by Gasteiger charge is 2.33. The van der Waals surface area contributed by atoms with Crippen molar-refractivity contribution in [1.82, 2.24) is 14.5 Å². The van der Waals surface area contributed by atoms with E-state index in [0.717, 1.165) is 44.4 Å². The van der Waals surface area contributed by atoms with Crippen LogP contribution in [0.25, 0.3) is 22.8 Å². The van der Waals surface area contributed by atoms with Gasteiger partial charge in [0.15, 0.2) is 15.1 Å². The van der Waals surface area contributed by atoms with Gasteiger partial charge in [0.2, 0.25) is 0 Å². The minimum Gasteiger partial charge on any atom is -0.450 e. The molecule has 6 aromatic rings. The topological polar surface area (TPSA) is 76.2 Å². The van der Waals surface area contributed by atoms with Crippen LogP contribution >= 0.6 is 34.4 Å². The van der Waals surface area contributed by atoms with E-state index in [0.29, 0.717) is 15.4 Å². The lowest BCUT2D eigenvalue weighted by molar-refractivity contribution is 0.466. The third-order valence-electron chi connectivity index (χ3n) is 7.13. The molecule has 6 nitrogen and oxygen atoms in total. The number of thiazole rings is 1. The molecule has 2 aromatic carbocycles. The molecule has 0 spiro atoms. The molecule has 190 valence electrons. The Hall–Kier alpha value is -3.92. The number of furan rings is 1. The number of aryl methyl sites for hydroxylation is 1. The van der Waals surface area contributed by atoms with Crippen LogP contribution in [0.1, 0.15) is 34.2 Å². The Morgan fingerprint density at radius 1 is 1.03 bits per heavy atom. The zero-order valence-electron chi connectivity index (χ0n) is 20.5. The standard InChI is InChI=1S/C30H20N4O2S3/c35-28-24(16-18-12-14-25(36-18)39-29-31-21-8-3-4-9-22(21)32-29)38-30-33-26-19-7-2-1-6-17(19)11-13-20(26)27(34(28)30)23-10-5-15-37-23/h1-10,12,14-16,27H,11,13H2,(H,31,32). The number of benzene rings is 2. The summed E-state index contributed by atoms with van der Waals surface area (Å²) in [7, 11) is 0. The van der Waals surface area contributed by atoms with Crippen molar-refractivity contribution in [1.29, 1.82) is 0 Å². The van der Waals surface area contributed by atoms with Gasteiger partial charge in [0.25, 0.3) is 5.56 Å². The fraction of sp³-hybridized carbons (Fsp3) is 0.100. The lowest BCUT2D eigenvalue weighted by Gasteiger charge is -2.30. The Labute approximate surface area is 234 Å². The Kier molecular flexibility index (Phi) is 5.36. The first-order valence-corrected chi connectivity index (χ1v) is 15.1. The molecule has 0 amide bonds. The first kappa shape index (κ1) is 23.0. The number of aromatic nitrogens is 3. The predicted octanol–water partition coefficient (Wildman–Crippen LogP) is 6.00. The van der Waals surface area contributed by atoms with Crippen molar-refractivity contribution in [3.63, 3.8) is 0 Å². The molecule has 8 rings (SSSR count). The van der Waals surface area contributed by atoms with E-state index in [-0.39, 0.29) is 11.6 Å². The summed E-state index contributed by atoms with van der Waals surface area (Å²) in [5.74, 6) is 0.626. The van der Waals surface area contributed by atoms with Gasteiger partial charge >= 0.3 is 0 Å². The molecule has 2 aliphatic rings. The minimum atomic E-state index is -0.137. The summed E-state index contributed by atoms with van der Waals surface area (Å²) in [6.45, 7) is 0. The number of nitrogens with zero attached hydrogens (tertiary/aromatic N) is 3. The summed E-state index contributed by atoms with van der Waals surface area (Å²) in [5.41, 5.74) is 6.59. The lowest BCUT2D eigenvalue weighted by Crippen LogP contribution is -2.38. The lowest BCUT2D eigenvalue weighted by atomic mass is 9.85. The van der Waals surface area contributed by atoms with Crippen molar-refractivity contribution in [2.75, 3.05) is 0 Å². The number of hydrogen-bond acceptors (Lipinski definition) is 7. The van der Waals surface area contributed by atoms with E-state index in [4.69, 9.17) is 9.41 Å². The molecule has 39 heavy (non-hydrogen) atoms. The van der Waals surface area contributed by atoms with Gasteiger partial charge in [0.1, 0.15) is 5.76 Å². The van der Waals surface area contributed by atoms with Crippen LogP contribution in [0.5, 0.6) is 0 Å². The van der Waals surface area contributed by atoms with Gasteiger partial charge in [0, 0.05) is 16.5 Å². The number of allylic oxidation sites excluding steroid dienone is 1. The average Bonchev–Trinajstić information content (AvgIpc) is 3.76. The minimum absolute atomic E-state index is 0.0366. The highest BCUT2D eigenvalue weighted by molar-refractivity contribution is 7.99. The van der Waals surface area contributed by atoms with E-state index >= 15 is 0 Å². The summed E-state index contributed by atoms with van der Waals surface area (Å²) >= 11 is 4.53. The first-order valence-electron chi connectivity index (χ1n) is 12.6. The van der Waals surface area contributed by atoms with E-state index in [9.17, 15) is 4.79 Å². The van der Waals surface area contributed by atoms with Crippen LogP contribution < -0.4 is 14.9 Å². The number of rotatable bonds is 4. The molecule has 0 fully saturated rings. The molecular weight excluding hydrogens is 545 g/mol. The van der Waals surface area contributed by atoms with Crippen molar-refractivity contribution in [3.8, 4) is 0 Å². The van der Waals surface area contributed by atoms with Crippen molar-refractivity contribution in [3.05, 3.63) is 125 Å². The predicted molar refractivity (Wildman–Crippen MR) is 156 cm³/mol. The van der Waals surface area contributed by atoms with Gasteiger partial charge in [-0.1, -0.05) is 53.8 Å². The molecule has 0 saturated heterocycles. The van der Waals surface area contributed by atoms with Crippen LogP contribution in [0, 0.1) is 0 Å². The highest BCUT2D eigenvalue weighted by Crippen LogP contribution is 2.42. The van der Waals surface area contributed by atoms with Crippen LogP contribution in [0.3, 0.4) is 0 Å². The summed E-state index contributed by atoms with van der Waals surface area (Å²) in [6, 6.07) is 24.2. The van der Waals surface area contributed by atoms with E-state index < -0.39 is 0 Å². The number of imidazole rings is 1. The van der Waals surface area contributed by atoms with Gasteiger partial charge in [0.05, 0.1) is 27.3 Å². The molecule has 0 saturated carbocycles. The molecule has 0 bridgehead atoms. The third-order valence-corrected chi connectivity index (χ3v) is 9.84. The van der Waals surface area contributed by atoms with Gasteiger partial charge in [-0.15, -0.1) is 11.3 Å². The van der Waals surface area contributed by atoms with Crippen molar-refractivity contribution < 1.29 is 4.42 Å². The normalized spacial score (nSPS) is 16.7. The summed E-state index contributed by atoms with van der Waals surface area (Å²) < 4.78 is 8.57. The quantitative estimate of drug-likeness (QED) is 0.285. The van der Waals surface area contributed by atoms with Gasteiger partial charge in [-0.2, -0.15) is 0 Å². The molecule has 5 heterocycles. The monoisotopic (exact) mass is 564 g/mol. The molecule has 1 aliphatic carbocycles. The second-order valence-electron chi connectivity index (χ2n) is 9.45. The van der Waals surface area contributed by atoms with Crippen molar-refractivity contribution in [2.24, 2.45) is 4.99 Å². The molecular formula is C30H20N4O2S3. The van der Waals surface area contributed by atoms with Crippen molar-refractivity contribution >= 4 is 57.2 Å². The average molecular weight is 565 g/mol. The zero-order valence-corrected chi connectivity index (χ0v) is 22.9. The highest BCUT2D eigenvalue weighted by atomic mass is 32.2. The van der Waals surface area contributed by atoms with Gasteiger partial charge in [-0.05, 0) is 71.5 Å². The molecule has 1 unspecified atom stereocenters. The molecule has 4 aromatic heterocycles. The first-order chi connectivity index (χ1) is 19.2. The smallest absolute Gasteiger partial charge is 0.271 e. The third kappa shape index (κ3) is 3.88. The van der Waals surface area contributed by atoms with Crippen LogP contribution in [0.15, 0.2) is 108 Å². The number of nitrogens with one attached hydrogen (secondary N) is 1. The van der Waals surface area contributed by atoms with Crippen LogP contribution in [-0.2, 0) is 6.42 Å². The van der Waals surface area contributed by atoms with Gasteiger partial charge < -0.3 is 9.40 Å². The summed E-state index contributed by atoms with van der Waals surface area (Å²) in [4.78, 5) is 28.7. The maximum absolute atomic E-state index is 13.8. The van der Waals surface area contributed by atoms with E-state index in [1.807, 2.05) is 47.0 Å². The largest absolute Gasteiger partial charge is 0.450 e. The maximum atomic E-state index is 13.8. The van der Waals surface area contributed by atoms with Crippen LogP contribution in [-0.4, -0.2) is 14.5 Å². The number of aromatic amines is 1.